The zero-order valence-corrected chi connectivity index (χ0v) is 17.3. The number of ether oxygens (including phenoxy) is 1. The van der Waals surface area contributed by atoms with Crippen LogP contribution in [0.25, 0.3) is 0 Å². The van der Waals surface area contributed by atoms with E-state index in [4.69, 9.17) is 4.74 Å². The summed E-state index contributed by atoms with van der Waals surface area (Å²) < 4.78 is 5.80. The van der Waals surface area contributed by atoms with E-state index in [0.717, 1.165) is 18.0 Å². The van der Waals surface area contributed by atoms with Crippen molar-refractivity contribution in [3.63, 3.8) is 0 Å². The molecule has 0 spiro atoms. The Morgan fingerprint density at radius 2 is 2.00 bits per heavy atom. The molecule has 0 saturated carbocycles. The maximum absolute atomic E-state index is 10.6. The largest absolute Gasteiger partial charge is 0.383 e. The molecule has 5 nitrogen and oxygen atoms in total. The first-order valence-electron chi connectivity index (χ1n) is 9.41. The summed E-state index contributed by atoms with van der Waals surface area (Å²) in [5.74, 6) is 1.06. The number of rotatable bonds is 10. The van der Waals surface area contributed by atoms with Gasteiger partial charge in [0.05, 0.1) is 19.8 Å². The summed E-state index contributed by atoms with van der Waals surface area (Å²) in [6, 6.07) is 14.1. The molecule has 0 fully saturated rings. The fourth-order valence-corrected chi connectivity index (χ4v) is 3.30. The van der Waals surface area contributed by atoms with E-state index in [1.54, 1.807) is 18.3 Å². The van der Waals surface area contributed by atoms with Crippen LogP contribution in [-0.4, -0.2) is 37.3 Å². The number of hydrogen-bond donors (Lipinski definition) is 3. The Bertz CT molecular complexity index is 672. The predicted octanol–water partition coefficient (Wildman–Crippen LogP) is 3.36. The zero-order valence-electron chi connectivity index (χ0n) is 16.4. The monoisotopic (exact) mass is 389 g/mol. The van der Waals surface area contributed by atoms with E-state index in [2.05, 4.69) is 34.7 Å². The van der Waals surface area contributed by atoms with Crippen LogP contribution in [0.15, 0.2) is 52.8 Å². The Hall–Kier alpha value is -1.89. The first kappa shape index (κ1) is 21.4. The summed E-state index contributed by atoms with van der Waals surface area (Å²) in [5, 5.41) is 19.2. The van der Waals surface area contributed by atoms with Crippen molar-refractivity contribution in [2.75, 3.05) is 26.2 Å². The standard InChI is InChI=1S/C21H31N3O2S/c1-4-22-20(24-16-21(3,25)19-11-8-12-27-19)23-13-17(2)14-26-15-18-9-6-5-7-10-18/h5-12,17,25H,4,13-16H2,1-3H3,(H2,22,23,24). The number of hydrogen-bond acceptors (Lipinski definition) is 4. The number of thiophene rings is 1. The first-order chi connectivity index (χ1) is 13.0. The lowest BCUT2D eigenvalue weighted by molar-refractivity contribution is 0.0710. The minimum Gasteiger partial charge on any atom is -0.383 e. The molecule has 1 aromatic heterocycles. The summed E-state index contributed by atoms with van der Waals surface area (Å²) >= 11 is 1.54. The van der Waals surface area contributed by atoms with Crippen LogP contribution in [0.4, 0.5) is 0 Å². The van der Waals surface area contributed by atoms with Crippen LogP contribution in [0, 0.1) is 5.92 Å². The average molecular weight is 390 g/mol. The van der Waals surface area contributed by atoms with Crippen LogP contribution in [-0.2, 0) is 16.9 Å². The molecule has 0 aliphatic rings. The smallest absolute Gasteiger partial charge is 0.191 e. The van der Waals surface area contributed by atoms with Crippen LogP contribution >= 0.6 is 11.3 Å². The molecule has 3 N–H and O–H groups in total. The summed E-state index contributed by atoms with van der Waals surface area (Å²) in [5.41, 5.74) is 0.226. The van der Waals surface area contributed by atoms with Crippen molar-refractivity contribution in [2.24, 2.45) is 10.9 Å². The Morgan fingerprint density at radius 3 is 2.67 bits per heavy atom. The fourth-order valence-electron chi connectivity index (χ4n) is 2.52. The molecule has 2 unspecified atom stereocenters. The second-order valence-corrected chi connectivity index (χ2v) is 7.88. The fraction of sp³-hybridized carbons (Fsp3) is 0.476. The van der Waals surface area contributed by atoms with Crippen molar-refractivity contribution in [3.05, 3.63) is 58.3 Å². The molecule has 148 valence electrons. The maximum atomic E-state index is 10.6. The Balaban J connectivity index is 1.77. The highest BCUT2D eigenvalue weighted by atomic mass is 32.1. The number of aliphatic hydroxyl groups is 1. The highest BCUT2D eigenvalue weighted by Gasteiger charge is 2.24. The summed E-state index contributed by atoms with van der Waals surface area (Å²) in [6.07, 6.45) is 0. The molecule has 2 atom stereocenters. The lowest BCUT2D eigenvalue weighted by Crippen LogP contribution is -2.41. The zero-order chi connectivity index (χ0) is 19.5. The SMILES string of the molecule is CCNC(=NCC(C)(O)c1cccs1)NCC(C)COCc1ccccc1. The molecule has 1 aromatic carbocycles. The quantitative estimate of drug-likeness (QED) is 0.431. The Morgan fingerprint density at radius 1 is 1.22 bits per heavy atom. The van der Waals surface area contributed by atoms with Gasteiger partial charge in [0, 0.05) is 18.0 Å². The third kappa shape index (κ3) is 7.71. The first-order valence-corrected chi connectivity index (χ1v) is 10.3. The molecule has 2 rings (SSSR count). The second kappa shape index (κ2) is 11.1. The normalized spacial score (nSPS) is 15.2. The summed E-state index contributed by atoms with van der Waals surface area (Å²) in [7, 11) is 0. The van der Waals surface area contributed by atoms with Gasteiger partial charge >= 0.3 is 0 Å². The van der Waals surface area contributed by atoms with Crippen LogP contribution in [0.2, 0.25) is 0 Å². The van der Waals surface area contributed by atoms with Gasteiger partial charge in [0.25, 0.3) is 0 Å². The molecule has 0 radical (unpaired) electrons. The minimum absolute atomic E-state index is 0.307. The lowest BCUT2D eigenvalue weighted by atomic mass is 10.1. The van der Waals surface area contributed by atoms with Crippen molar-refractivity contribution in [2.45, 2.75) is 33.0 Å². The third-order valence-electron chi connectivity index (χ3n) is 4.07. The number of guanidine groups is 1. The van der Waals surface area contributed by atoms with Gasteiger partial charge in [-0.05, 0) is 36.8 Å². The molecule has 2 aromatic rings. The van der Waals surface area contributed by atoms with Crippen molar-refractivity contribution in [1.82, 2.24) is 10.6 Å². The third-order valence-corrected chi connectivity index (χ3v) is 5.20. The topological polar surface area (TPSA) is 65.9 Å². The van der Waals surface area contributed by atoms with Gasteiger partial charge in [-0.2, -0.15) is 0 Å². The van der Waals surface area contributed by atoms with E-state index in [0.29, 0.717) is 31.6 Å². The molecule has 0 saturated heterocycles. The molecule has 0 aliphatic carbocycles. The van der Waals surface area contributed by atoms with Crippen molar-refractivity contribution in [1.29, 1.82) is 0 Å². The Kier molecular flexibility index (Phi) is 8.78. The molecular formula is C21H31N3O2S. The van der Waals surface area contributed by atoms with Crippen LogP contribution in [0.3, 0.4) is 0 Å². The number of nitrogens with zero attached hydrogens (tertiary/aromatic N) is 1. The summed E-state index contributed by atoms with van der Waals surface area (Å²) in [4.78, 5) is 5.47. The van der Waals surface area contributed by atoms with Crippen LogP contribution in [0.1, 0.15) is 31.2 Å². The van der Waals surface area contributed by atoms with Crippen LogP contribution in [0.5, 0.6) is 0 Å². The lowest BCUT2D eigenvalue weighted by Gasteiger charge is -2.21. The average Bonchev–Trinajstić information content (AvgIpc) is 3.21. The number of nitrogens with one attached hydrogen (secondary N) is 2. The number of aliphatic imine (C=N–C) groups is 1. The predicted molar refractivity (Wildman–Crippen MR) is 113 cm³/mol. The highest BCUT2D eigenvalue weighted by Crippen LogP contribution is 2.25. The van der Waals surface area contributed by atoms with Gasteiger partial charge in [0.1, 0.15) is 5.60 Å². The maximum Gasteiger partial charge on any atom is 0.191 e. The molecule has 27 heavy (non-hydrogen) atoms. The Labute approximate surface area is 166 Å². The van der Waals surface area contributed by atoms with Crippen molar-refractivity contribution >= 4 is 17.3 Å². The van der Waals surface area contributed by atoms with Crippen LogP contribution < -0.4 is 10.6 Å². The molecule has 0 amide bonds. The van der Waals surface area contributed by atoms with E-state index in [9.17, 15) is 5.11 Å². The molecule has 0 aliphatic heterocycles. The van der Waals surface area contributed by atoms with Gasteiger partial charge in [-0.3, -0.25) is 0 Å². The molecule has 6 heteroatoms. The molecule has 0 bridgehead atoms. The van der Waals surface area contributed by atoms with Crippen molar-refractivity contribution in [3.8, 4) is 0 Å². The number of benzene rings is 1. The summed E-state index contributed by atoms with van der Waals surface area (Å²) in [6.45, 7) is 9.10. The van der Waals surface area contributed by atoms with Gasteiger partial charge < -0.3 is 20.5 Å². The van der Waals surface area contributed by atoms with Gasteiger partial charge in [-0.15, -0.1) is 11.3 Å². The minimum atomic E-state index is -0.957. The molecular weight excluding hydrogens is 358 g/mol. The van der Waals surface area contributed by atoms with Gasteiger partial charge in [0.2, 0.25) is 0 Å². The van der Waals surface area contributed by atoms with E-state index in [-0.39, 0.29) is 0 Å². The van der Waals surface area contributed by atoms with Gasteiger partial charge in [-0.25, -0.2) is 4.99 Å². The van der Waals surface area contributed by atoms with E-state index in [1.807, 2.05) is 42.6 Å². The van der Waals surface area contributed by atoms with E-state index in [1.165, 1.54) is 5.56 Å². The van der Waals surface area contributed by atoms with Gasteiger partial charge in [-0.1, -0.05) is 43.3 Å². The van der Waals surface area contributed by atoms with E-state index >= 15 is 0 Å². The van der Waals surface area contributed by atoms with E-state index < -0.39 is 5.60 Å². The highest BCUT2D eigenvalue weighted by molar-refractivity contribution is 7.10. The molecule has 1 heterocycles. The second-order valence-electron chi connectivity index (χ2n) is 6.93. The van der Waals surface area contributed by atoms with Crippen molar-refractivity contribution < 1.29 is 9.84 Å². The van der Waals surface area contributed by atoms with Gasteiger partial charge in [0.15, 0.2) is 5.96 Å².